The van der Waals surface area contributed by atoms with E-state index in [-0.39, 0.29) is 29.3 Å². The Hall–Kier alpha value is -2.68. The predicted octanol–water partition coefficient (Wildman–Crippen LogP) is 2.02. The molecule has 1 saturated heterocycles. The molecular weight excluding hydrogens is 348 g/mol. The molecular formula is C16H16N2O6S. The molecule has 8 nitrogen and oxygen atoms in total. The normalized spacial score (nSPS) is 18.8. The fraction of sp³-hybridized carbons (Fsp3) is 0.312. The predicted molar refractivity (Wildman–Crippen MR) is 88.7 cm³/mol. The lowest BCUT2D eigenvalue weighted by molar-refractivity contribution is -0.385. The monoisotopic (exact) mass is 364 g/mol. The Morgan fingerprint density at radius 3 is 2.64 bits per heavy atom. The van der Waals surface area contributed by atoms with E-state index < -0.39 is 26.7 Å². The lowest BCUT2D eigenvalue weighted by atomic mass is 10.1. The summed E-state index contributed by atoms with van der Waals surface area (Å²) in [4.78, 5) is 24.9. The summed E-state index contributed by atoms with van der Waals surface area (Å²) >= 11 is 0. The van der Waals surface area contributed by atoms with Crippen LogP contribution in [0.4, 0.5) is 5.69 Å². The third kappa shape index (κ3) is 3.71. The number of sulfone groups is 1. The first-order valence-corrected chi connectivity index (χ1v) is 9.47. The Balaban J connectivity index is 1.96. The molecule has 1 atom stereocenters. The maximum absolute atomic E-state index is 13.0. The second-order valence-corrected chi connectivity index (χ2v) is 8.07. The van der Waals surface area contributed by atoms with Crippen molar-refractivity contribution >= 4 is 21.4 Å². The van der Waals surface area contributed by atoms with Gasteiger partial charge in [-0.05, 0) is 24.6 Å². The zero-order valence-electron chi connectivity index (χ0n) is 13.2. The van der Waals surface area contributed by atoms with Gasteiger partial charge >= 0.3 is 0 Å². The van der Waals surface area contributed by atoms with Gasteiger partial charge in [-0.2, -0.15) is 0 Å². The second-order valence-electron chi connectivity index (χ2n) is 5.84. The number of nitrogens with zero attached hydrogens (tertiary/aromatic N) is 2. The first kappa shape index (κ1) is 17.2. The highest BCUT2D eigenvalue weighted by molar-refractivity contribution is 7.91. The fourth-order valence-corrected chi connectivity index (χ4v) is 4.66. The summed E-state index contributed by atoms with van der Waals surface area (Å²) in [7, 11) is -3.22. The van der Waals surface area contributed by atoms with Crippen molar-refractivity contribution < 1.29 is 22.6 Å². The minimum atomic E-state index is -3.22. The first-order valence-electron chi connectivity index (χ1n) is 7.64. The Morgan fingerprint density at radius 1 is 1.28 bits per heavy atom. The maximum atomic E-state index is 13.0. The number of furan rings is 1. The van der Waals surface area contributed by atoms with Crippen molar-refractivity contribution in [2.45, 2.75) is 19.0 Å². The van der Waals surface area contributed by atoms with Gasteiger partial charge in [0.25, 0.3) is 11.6 Å². The fourth-order valence-electron chi connectivity index (χ4n) is 2.93. The van der Waals surface area contributed by atoms with Crippen LogP contribution in [0.3, 0.4) is 0 Å². The summed E-state index contributed by atoms with van der Waals surface area (Å²) in [6.45, 7) is 0.0536. The van der Waals surface area contributed by atoms with Crippen LogP contribution in [-0.2, 0) is 16.4 Å². The highest BCUT2D eigenvalue weighted by atomic mass is 32.2. The van der Waals surface area contributed by atoms with Crippen LogP contribution in [0.25, 0.3) is 0 Å². The van der Waals surface area contributed by atoms with Gasteiger partial charge in [-0.3, -0.25) is 14.9 Å². The molecule has 2 aromatic rings. The molecule has 0 N–H and O–H groups in total. The van der Waals surface area contributed by atoms with Crippen LogP contribution in [-0.4, -0.2) is 41.7 Å². The molecule has 1 aliphatic heterocycles. The molecule has 1 aromatic heterocycles. The van der Waals surface area contributed by atoms with Gasteiger partial charge < -0.3 is 9.32 Å². The van der Waals surface area contributed by atoms with E-state index in [2.05, 4.69) is 0 Å². The maximum Gasteiger partial charge on any atom is 0.282 e. The molecule has 25 heavy (non-hydrogen) atoms. The van der Waals surface area contributed by atoms with Gasteiger partial charge in [-0.1, -0.05) is 12.1 Å². The van der Waals surface area contributed by atoms with Crippen molar-refractivity contribution in [3.8, 4) is 0 Å². The van der Waals surface area contributed by atoms with E-state index in [0.717, 1.165) is 0 Å². The molecule has 0 spiro atoms. The first-order chi connectivity index (χ1) is 11.9. The van der Waals surface area contributed by atoms with Gasteiger partial charge in [0.15, 0.2) is 9.84 Å². The zero-order valence-corrected chi connectivity index (χ0v) is 14.0. The number of carbonyl (C=O) groups is 1. The molecule has 0 saturated carbocycles. The van der Waals surface area contributed by atoms with E-state index in [4.69, 9.17) is 4.42 Å². The summed E-state index contributed by atoms with van der Waals surface area (Å²) in [5.74, 6) is -0.252. The smallest absolute Gasteiger partial charge is 0.282 e. The molecule has 1 fully saturated rings. The van der Waals surface area contributed by atoms with Gasteiger partial charge in [0.05, 0.1) is 29.2 Å². The number of carbonyl (C=O) groups excluding carboxylic acids is 1. The van der Waals surface area contributed by atoms with E-state index >= 15 is 0 Å². The minimum Gasteiger partial charge on any atom is -0.467 e. The van der Waals surface area contributed by atoms with Crippen molar-refractivity contribution in [2.75, 3.05) is 11.5 Å². The van der Waals surface area contributed by atoms with E-state index in [1.54, 1.807) is 12.1 Å². The number of para-hydroxylation sites is 1. The topological polar surface area (TPSA) is 111 Å². The molecule has 0 unspecified atom stereocenters. The third-order valence-electron chi connectivity index (χ3n) is 4.15. The van der Waals surface area contributed by atoms with Crippen molar-refractivity contribution in [1.82, 2.24) is 4.90 Å². The van der Waals surface area contributed by atoms with Gasteiger partial charge in [0.1, 0.15) is 11.3 Å². The van der Waals surface area contributed by atoms with Crippen molar-refractivity contribution in [3.05, 3.63) is 64.1 Å². The van der Waals surface area contributed by atoms with Crippen molar-refractivity contribution in [2.24, 2.45) is 0 Å². The summed E-state index contributed by atoms with van der Waals surface area (Å²) in [5.41, 5.74) is -0.374. The largest absolute Gasteiger partial charge is 0.467 e. The molecule has 0 bridgehead atoms. The summed E-state index contributed by atoms with van der Waals surface area (Å²) in [6.07, 6.45) is 1.75. The Labute approximate surface area is 144 Å². The molecule has 1 amide bonds. The van der Waals surface area contributed by atoms with Crippen LogP contribution >= 0.6 is 0 Å². The highest BCUT2D eigenvalue weighted by Crippen LogP contribution is 2.26. The Kier molecular flexibility index (Phi) is 4.58. The quantitative estimate of drug-likeness (QED) is 0.593. The van der Waals surface area contributed by atoms with E-state index in [1.807, 2.05) is 0 Å². The van der Waals surface area contributed by atoms with Crippen LogP contribution in [0.1, 0.15) is 22.5 Å². The van der Waals surface area contributed by atoms with Gasteiger partial charge in [0.2, 0.25) is 0 Å². The molecule has 0 radical (unpaired) electrons. The molecule has 2 heterocycles. The standard InChI is InChI=1S/C16H16N2O6S/c19-16(14-5-1-2-6-15(14)18(20)21)17(10-13-4-3-8-24-13)12-7-9-25(22,23)11-12/h1-6,8,12H,7,9-11H2/t12-/m0/s1. The van der Waals surface area contributed by atoms with E-state index in [9.17, 15) is 23.3 Å². The van der Waals surface area contributed by atoms with Crippen molar-refractivity contribution in [3.63, 3.8) is 0 Å². The minimum absolute atomic E-state index is 0.00349. The molecule has 1 aromatic carbocycles. The third-order valence-corrected chi connectivity index (χ3v) is 5.90. The van der Waals surface area contributed by atoms with Crippen LogP contribution < -0.4 is 0 Å². The number of nitro groups is 1. The van der Waals surface area contributed by atoms with Crippen LogP contribution in [0.2, 0.25) is 0 Å². The lowest BCUT2D eigenvalue weighted by Crippen LogP contribution is -2.40. The summed E-state index contributed by atoms with van der Waals surface area (Å²) in [6, 6.07) is 8.44. The van der Waals surface area contributed by atoms with E-state index in [1.165, 1.54) is 35.4 Å². The number of benzene rings is 1. The molecule has 0 aliphatic carbocycles. The number of hydrogen-bond acceptors (Lipinski definition) is 6. The molecule has 132 valence electrons. The van der Waals surface area contributed by atoms with Crippen LogP contribution in [0, 0.1) is 10.1 Å². The lowest BCUT2D eigenvalue weighted by Gasteiger charge is -2.27. The number of rotatable bonds is 5. The second kappa shape index (κ2) is 6.67. The van der Waals surface area contributed by atoms with Crippen LogP contribution in [0.15, 0.2) is 47.1 Å². The Bertz CT molecular complexity index is 891. The van der Waals surface area contributed by atoms with Crippen molar-refractivity contribution in [1.29, 1.82) is 0 Å². The average molecular weight is 364 g/mol. The zero-order chi connectivity index (χ0) is 18.0. The Morgan fingerprint density at radius 2 is 2.04 bits per heavy atom. The molecule has 1 aliphatic rings. The van der Waals surface area contributed by atoms with Gasteiger partial charge in [0, 0.05) is 12.1 Å². The SMILES string of the molecule is O=C(c1ccccc1[N+](=O)[O-])N(Cc1ccco1)[C@H]1CCS(=O)(=O)C1. The summed E-state index contributed by atoms with van der Waals surface area (Å²) in [5, 5.41) is 11.2. The summed E-state index contributed by atoms with van der Waals surface area (Å²) < 4.78 is 28.9. The molecule has 9 heteroatoms. The average Bonchev–Trinajstić information content (AvgIpc) is 3.21. The number of amides is 1. The van der Waals surface area contributed by atoms with Gasteiger partial charge in [-0.25, -0.2) is 8.42 Å². The molecule has 3 rings (SSSR count). The number of hydrogen-bond donors (Lipinski definition) is 0. The highest BCUT2D eigenvalue weighted by Gasteiger charge is 2.37. The van der Waals surface area contributed by atoms with Gasteiger partial charge in [-0.15, -0.1) is 0 Å². The van der Waals surface area contributed by atoms with Crippen LogP contribution in [0.5, 0.6) is 0 Å². The van der Waals surface area contributed by atoms with E-state index in [0.29, 0.717) is 12.2 Å². The number of nitro benzene ring substituents is 1.